The molecule has 0 aliphatic rings. The van der Waals surface area contributed by atoms with Gasteiger partial charge in [-0.05, 0) is 6.92 Å². The van der Waals surface area contributed by atoms with Crippen LogP contribution < -0.4 is 5.32 Å². The Morgan fingerprint density at radius 3 is 2.88 bits per heavy atom. The van der Waals surface area contributed by atoms with Crippen LogP contribution in [0.15, 0.2) is 24.8 Å². The lowest BCUT2D eigenvalue weighted by Crippen LogP contribution is -2.24. The number of nitrogens with one attached hydrogen (secondary N) is 1. The van der Waals surface area contributed by atoms with Crippen LogP contribution in [-0.4, -0.2) is 25.7 Å². The van der Waals surface area contributed by atoms with Crippen LogP contribution in [0.25, 0.3) is 0 Å². The van der Waals surface area contributed by atoms with Gasteiger partial charge in [-0.1, -0.05) is 0 Å². The first kappa shape index (κ1) is 11.3. The molecule has 6 heteroatoms. The number of hydrogen-bond donors (Lipinski definition) is 1. The van der Waals surface area contributed by atoms with Crippen LogP contribution in [0.1, 0.15) is 21.7 Å². The largest absolute Gasteiger partial charge is 0.346 e. The summed E-state index contributed by atoms with van der Waals surface area (Å²) < 4.78 is 1.72. The summed E-state index contributed by atoms with van der Waals surface area (Å²) in [6.07, 6.45) is 6.34. The summed E-state index contributed by atoms with van der Waals surface area (Å²) in [5.41, 5.74) is 2.21. The molecule has 17 heavy (non-hydrogen) atoms. The molecule has 0 aliphatic carbocycles. The number of hydrogen-bond acceptors (Lipinski definition) is 4. The van der Waals surface area contributed by atoms with Crippen LogP contribution in [-0.2, 0) is 13.6 Å². The van der Waals surface area contributed by atoms with E-state index in [1.165, 1.54) is 18.6 Å². The topological polar surface area (TPSA) is 72.7 Å². The molecular weight excluding hydrogens is 218 g/mol. The summed E-state index contributed by atoms with van der Waals surface area (Å²) in [5, 5.41) is 6.97. The lowest BCUT2D eigenvalue weighted by molar-refractivity contribution is 0.0945. The molecule has 0 aliphatic heterocycles. The minimum absolute atomic E-state index is 0.235. The van der Waals surface area contributed by atoms with Gasteiger partial charge in [0.1, 0.15) is 5.69 Å². The average molecular weight is 231 g/mol. The Morgan fingerprint density at radius 1 is 1.47 bits per heavy atom. The number of carbonyl (C=O) groups excluding carboxylic acids is 1. The second-order valence-electron chi connectivity index (χ2n) is 3.69. The molecule has 0 saturated heterocycles. The van der Waals surface area contributed by atoms with Crippen LogP contribution in [0.3, 0.4) is 0 Å². The molecule has 0 bridgehead atoms. The van der Waals surface area contributed by atoms with Crippen molar-refractivity contribution in [1.29, 1.82) is 0 Å². The summed E-state index contributed by atoms with van der Waals surface area (Å²) in [6.45, 7) is 2.35. The van der Waals surface area contributed by atoms with Gasteiger partial charge in [0.25, 0.3) is 5.91 Å². The quantitative estimate of drug-likeness (QED) is 0.832. The lowest BCUT2D eigenvalue weighted by Gasteiger charge is -2.02. The van der Waals surface area contributed by atoms with Gasteiger partial charge in [-0.25, -0.2) is 4.98 Å². The van der Waals surface area contributed by atoms with Crippen LogP contribution >= 0.6 is 0 Å². The van der Waals surface area contributed by atoms with E-state index in [1.54, 1.807) is 4.68 Å². The zero-order valence-corrected chi connectivity index (χ0v) is 9.71. The Hall–Kier alpha value is -2.24. The number of carbonyl (C=O) groups is 1. The SMILES string of the molecule is Cc1nn(C)cc1CNC(=O)c1cnccn1. The van der Waals surface area contributed by atoms with Crippen molar-refractivity contribution in [1.82, 2.24) is 25.1 Å². The van der Waals surface area contributed by atoms with Crippen LogP contribution in [0.4, 0.5) is 0 Å². The molecule has 1 amide bonds. The summed E-state index contributed by atoms with van der Waals surface area (Å²) in [4.78, 5) is 19.5. The maximum Gasteiger partial charge on any atom is 0.271 e. The van der Waals surface area contributed by atoms with E-state index in [0.717, 1.165) is 11.3 Å². The van der Waals surface area contributed by atoms with E-state index in [1.807, 2.05) is 20.2 Å². The van der Waals surface area contributed by atoms with Crippen molar-refractivity contribution < 1.29 is 4.79 Å². The molecule has 2 aromatic heterocycles. The number of aryl methyl sites for hydroxylation is 2. The fourth-order valence-corrected chi connectivity index (χ4v) is 1.50. The Balaban J connectivity index is 1.99. The van der Waals surface area contributed by atoms with Crippen molar-refractivity contribution in [2.75, 3.05) is 0 Å². The fraction of sp³-hybridized carbons (Fsp3) is 0.273. The third kappa shape index (κ3) is 2.66. The first-order valence-corrected chi connectivity index (χ1v) is 5.20. The second-order valence-corrected chi connectivity index (χ2v) is 3.69. The van der Waals surface area contributed by atoms with Gasteiger partial charge < -0.3 is 5.32 Å². The maximum absolute atomic E-state index is 11.7. The summed E-state index contributed by atoms with van der Waals surface area (Å²) in [5.74, 6) is -0.235. The lowest BCUT2D eigenvalue weighted by atomic mass is 10.2. The molecule has 2 rings (SSSR count). The van der Waals surface area contributed by atoms with Gasteiger partial charge in [0.05, 0.1) is 11.9 Å². The second kappa shape index (κ2) is 4.73. The van der Waals surface area contributed by atoms with Gasteiger partial charge in [0, 0.05) is 37.7 Å². The number of aromatic nitrogens is 4. The Kier molecular flexibility index (Phi) is 3.13. The highest BCUT2D eigenvalue weighted by Crippen LogP contribution is 2.04. The summed E-state index contributed by atoms with van der Waals surface area (Å²) in [7, 11) is 1.85. The van der Waals surface area contributed by atoms with E-state index in [-0.39, 0.29) is 5.91 Å². The van der Waals surface area contributed by atoms with E-state index in [0.29, 0.717) is 12.2 Å². The Labute approximate surface area is 98.7 Å². The van der Waals surface area contributed by atoms with Gasteiger partial charge in [0.15, 0.2) is 0 Å². The van der Waals surface area contributed by atoms with Crippen molar-refractivity contribution in [3.8, 4) is 0 Å². The molecule has 0 atom stereocenters. The highest BCUT2D eigenvalue weighted by Gasteiger charge is 2.08. The fourth-order valence-electron chi connectivity index (χ4n) is 1.50. The monoisotopic (exact) mass is 231 g/mol. The number of nitrogens with zero attached hydrogens (tertiary/aromatic N) is 4. The Morgan fingerprint density at radius 2 is 2.29 bits per heavy atom. The molecule has 0 aromatic carbocycles. The van der Waals surface area contributed by atoms with Crippen molar-refractivity contribution in [3.05, 3.63) is 41.7 Å². The normalized spacial score (nSPS) is 10.2. The minimum Gasteiger partial charge on any atom is -0.346 e. The average Bonchev–Trinajstić information content (AvgIpc) is 2.66. The van der Waals surface area contributed by atoms with Crippen LogP contribution in [0.5, 0.6) is 0 Å². The molecule has 2 aromatic rings. The van der Waals surface area contributed by atoms with E-state index in [2.05, 4.69) is 20.4 Å². The molecule has 88 valence electrons. The molecule has 6 nitrogen and oxygen atoms in total. The van der Waals surface area contributed by atoms with Crippen molar-refractivity contribution in [2.45, 2.75) is 13.5 Å². The van der Waals surface area contributed by atoms with Crippen LogP contribution in [0.2, 0.25) is 0 Å². The number of amides is 1. The maximum atomic E-state index is 11.7. The van der Waals surface area contributed by atoms with E-state index in [9.17, 15) is 4.79 Å². The first-order valence-electron chi connectivity index (χ1n) is 5.20. The molecule has 0 fully saturated rings. The molecule has 0 saturated carbocycles. The highest BCUT2D eigenvalue weighted by atomic mass is 16.1. The van der Waals surface area contributed by atoms with Gasteiger partial charge >= 0.3 is 0 Å². The van der Waals surface area contributed by atoms with Gasteiger partial charge in [0.2, 0.25) is 0 Å². The van der Waals surface area contributed by atoms with Crippen molar-refractivity contribution in [3.63, 3.8) is 0 Å². The highest BCUT2D eigenvalue weighted by molar-refractivity contribution is 5.91. The molecule has 1 N–H and O–H groups in total. The summed E-state index contributed by atoms with van der Waals surface area (Å²) >= 11 is 0. The molecule has 0 radical (unpaired) electrons. The molecule has 0 unspecified atom stereocenters. The zero-order chi connectivity index (χ0) is 12.3. The predicted octanol–water partition coefficient (Wildman–Crippen LogP) is 0.449. The minimum atomic E-state index is -0.235. The van der Waals surface area contributed by atoms with E-state index >= 15 is 0 Å². The third-order valence-electron chi connectivity index (χ3n) is 2.35. The van der Waals surface area contributed by atoms with Crippen molar-refractivity contribution in [2.24, 2.45) is 7.05 Å². The zero-order valence-electron chi connectivity index (χ0n) is 9.71. The Bertz CT molecular complexity index is 520. The predicted molar refractivity (Wildman–Crippen MR) is 61.1 cm³/mol. The van der Waals surface area contributed by atoms with Gasteiger partial charge in [-0.3, -0.25) is 14.5 Å². The standard InChI is InChI=1S/C11H13N5O/c1-8-9(7-16(2)15-8)5-14-11(17)10-6-12-3-4-13-10/h3-4,6-7H,5H2,1-2H3,(H,14,17). The van der Waals surface area contributed by atoms with Crippen LogP contribution in [0, 0.1) is 6.92 Å². The molecular formula is C11H13N5O. The first-order chi connectivity index (χ1) is 8.16. The van der Waals surface area contributed by atoms with Gasteiger partial charge in [-0.2, -0.15) is 5.10 Å². The van der Waals surface area contributed by atoms with Gasteiger partial charge in [-0.15, -0.1) is 0 Å². The van der Waals surface area contributed by atoms with Crippen molar-refractivity contribution >= 4 is 5.91 Å². The molecule has 0 spiro atoms. The number of rotatable bonds is 3. The third-order valence-corrected chi connectivity index (χ3v) is 2.35. The summed E-state index contributed by atoms with van der Waals surface area (Å²) in [6, 6.07) is 0. The smallest absolute Gasteiger partial charge is 0.271 e. The van der Waals surface area contributed by atoms with E-state index < -0.39 is 0 Å². The molecule has 2 heterocycles. The van der Waals surface area contributed by atoms with E-state index in [4.69, 9.17) is 0 Å².